The predicted molar refractivity (Wildman–Crippen MR) is 82.2 cm³/mol. The minimum atomic E-state index is -0.283. The van der Waals surface area contributed by atoms with Gasteiger partial charge in [0.15, 0.2) is 5.65 Å². The van der Waals surface area contributed by atoms with Crippen molar-refractivity contribution in [1.82, 2.24) is 14.5 Å². The summed E-state index contributed by atoms with van der Waals surface area (Å²) in [6, 6.07) is 3.96. The van der Waals surface area contributed by atoms with Crippen LogP contribution in [-0.4, -0.2) is 26.7 Å². The monoisotopic (exact) mass is 295 g/mol. The molecule has 0 fully saturated rings. The quantitative estimate of drug-likeness (QED) is 0.787. The van der Waals surface area contributed by atoms with Gasteiger partial charge in [0, 0.05) is 12.3 Å². The van der Waals surface area contributed by atoms with Crippen LogP contribution in [0.3, 0.4) is 0 Å². The Labute approximate surface area is 125 Å². The average molecular weight is 296 g/mol. The standard InChI is InChI=1S/C15H22ClN3O/c1-6-20-15(4,5)9-19-13(11(3)16)18-12-8-7-10(2)17-14(12)19/h7-8,11H,6,9H2,1-5H3. The minimum absolute atomic E-state index is 0.165. The summed E-state index contributed by atoms with van der Waals surface area (Å²) in [6.07, 6.45) is 0. The second-order valence-electron chi connectivity index (χ2n) is 5.66. The highest BCUT2D eigenvalue weighted by molar-refractivity contribution is 6.20. The molecule has 0 aromatic carbocycles. The van der Waals surface area contributed by atoms with Gasteiger partial charge in [-0.05, 0) is 46.8 Å². The third-order valence-electron chi connectivity index (χ3n) is 3.19. The van der Waals surface area contributed by atoms with E-state index in [9.17, 15) is 0 Å². The Bertz CT molecular complexity index is 604. The molecule has 0 saturated carbocycles. The first-order chi connectivity index (χ1) is 9.34. The van der Waals surface area contributed by atoms with Gasteiger partial charge in [0.1, 0.15) is 11.3 Å². The smallest absolute Gasteiger partial charge is 0.160 e. The maximum atomic E-state index is 6.27. The Morgan fingerprint density at radius 2 is 2.05 bits per heavy atom. The molecule has 1 atom stereocenters. The van der Waals surface area contributed by atoms with Crippen LogP contribution in [0.15, 0.2) is 12.1 Å². The number of imidazole rings is 1. The molecule has 4 nitrogen and oxygen atoms in total. The molecule has 0 saturated heterocycles. The van der Waals surface area contributed by atoms with Crippen LogP contribution in [0.1, 0.15) is 44.6 Å². The fourth-order valence-electron chi connectivity index (χ4n) is 2.39. The number of fused-ring (bicyclic) bond motifs is 1. The van der Waals surface area contributed by atoms with E-state index in [1.54, 1.807) is 0 Å². The Balaban J connectivity index is 2.53. The number of aromatic nitrogens is 3. The van der Waals surface area contributed by atoms with Crippen LogP contribution in [0.4, 0.5) is 0 Å². The molecule has 0 N–H and O–H groups in total. The van der Waals surface area contributed by atoms with Crippen molar-refractivity contribution in [2.75, 3.05) is 6.61 Å². The van der Waals surface area contributed by atoms with Crippen LogP contribution < -0.4 is 0 Å². The topological polar surface area (TPSA) is 39.9 Å². The van der Waals surface area contributed by atoms with Gasteiger partial charge >= 0.3 is 0 Å². The number of nitrogens with zero attached hydrogens (tertiary/aromatic N) is 3. The van der Waals surface area contributed by atoms with Gasteiger partial charge in [0.05, 0.1) is 17.5 Å². The number of aryl methyl sites for hydroxylation is 1. The highest BCUT2D eigenvalue weighted by Gasteiger charge is 2.24. The fraction of sp³-hybridized carbons (Fsp3) is 0.600. The second-order valence-corrected chi connectivity index (χ2v) is 6.31. The third-order valence-corrected chi connectivity index (χ3v) is 3.39. The predicted octanol–water partition coefficient (Wildman–Crippen LogP) is 3.85. The molecule has 5 heteroatoms. The number of rotatable bonds is 5. The molecule has 2 aromatic rings. The largest absolute Gasteiger partial charge is 0.374 e. The van der Waals surface area contributed by atoms with E-state index in [-0.39, 0.29) is 11.0 Å². The van der Waals surface area contributed by atoms with Crippen molar-refractivity contribution < 1.29 is 4.74 Å². The van der Waals surface area contributed by atoms with E-state index in [0.717, 1.165) is 22.7 Å². The van der Waals surface area contributed by atoms with Crippen LogP contribution in [0.5, 0.6) is 0 Å². The SMILES string of the molecule is CCOC(C)(C)Cn1c(C(C)Cl)nc2ccc(C)nc21. The lowest BCUT2D eigenvalue weighted by molar-refractivity contribution is -0.0222. The Morgan fingerprint density at radius 3 is 2.65 bits per heavy atom. The number of alkyl halides is 1. The first-order valence-corrected chi connectivity index (χ1v) is 7.39. The summed E-state index contributed by atoms with van der Waals surface area (Å²) in [7, 11) is 0. The molecular formula is C15H22ClN3O. The van der Waals surface area contributed by atoms with Crippen molar-refractivity contribution in [3.63, 3.8) is 0 Å². The van der Waals surface area contributed by atoms with Gasteiger partial charge < -0.3 is 9.30 Å². The number of halogens is 1. The highest BCUT2D eigenvalue weighted by Crippen LogP contribution is 2.26. The van der Waals surface area contributed by atoms with Crippen LogP contribution in [-0.2, 0) is 11.3 Å². The van der Waals surface area contributed by atoms with E-state index in [0.29, 0.717) is 13.2 Å². The molecule has 2 rings (SSSR count). The maximum absolute atomic E-state index is 6.27. The molecule has 0 aliphatic rings. The molecule has 20 heavy (non-hydrogen) atoms. The number of pyridine rings is 1. The van der Waals surface area contributed by atoms with E-state index in [2.05, 4.69) is 28.4 Å². The molecule has 0 amide bonds. The van der Waals surface area contributed by atoms with E-state index >= 15 is 0 Å². The molecule has 0 spiro atoms. The molecule has 0 radical (unpaired) electrons. The molecule has 2 aromatic heterocycles. The summed E-state index contributed by atoms with van der Waals surface area (Å²) in [6.45, 7) is 11.4. The lowest BCUT2D eigenvalue weighted by Crippen LogP contribution is -2.31. The van der Waals surface area contributed by atoms with Crippen molar-refractivity contribution in [3.05, 3.63) is 23.7 Å². The van der Waals surface area contributed by atoms with Gasteiger partial charge in [-0.2, -0.15) is 0 Å². The molecule has 2 heterocycles. The zero-order valence-electron chi connectivity index (χ0n) is 12.8. The van der Waals surface area contributed by atoms with Gasteiger partial charge in [-0.3, -0.25) is 0 Å². The zero-order valence-corrected chi connectivity index (χ0v) is 13.5. The van der Waals surface area contributed by atoms with Crippen molar-refractivity contribution in [3.8, 4) is 0 Å². The normalized spacial score (nSPS) is 13.9. The molecular weight excluding hydrogens is 274 g/mol. The van der Waals surface area contributed by atoms with Gasteiger partial charge in [0.2, 0.25) is 0 Å². The summed E-state index contributed by atoms with van der Waals surface area (Å²) >= 11 is 6.27. The molecule has 0 aliphatic heterocycles. The van der Waals surface area contributed by atoms with Crippen molar-refractivity contribution in [2.24, 2.45) is 0 Å². The van der Waals surface area contributed by atoms with Crippen LogP contribution in [0, 0.1) is 6.92 Å². The summed E-state index contributed by atoms with van der Waals surface area (Å²) < 4.78 is 7.88. The summed E-state index contributed by atoms with van der Waals surface area (Å²) in [5.74, 6) is 0.840. The average Bonchev–Trinajstić information content (AvgIpc) is 2.67. The number of ether oxygens (including phenoxy) is 1. The van der Waals surface area contributed by atoms with Crippen molar-refractivity contribution >= 4 is 22.8 Å². The fourth-order valence-corrected chi connectivity index (χ4v) is 2.56. The minimum Gasteiger partial charge on any atom is -0.374 e. The zero-order chi connectivity index (χ0) is 14.9. The van der Waals surface area contributed by atoms with Gasteiger partial charge in [-0.15, -0.1) is 11.6 Å². The highest BCUT2D eigenvalue weighted by atomic mass is 35.5. The summed E-state index contributed by atoms with van der Waals surface area (Å²) in [5.41, 5.74) is 2.45. The lowest BCUT2D eigenvalue weighted by Gasteiger charge is -2.26. The van der Waals surface area contributed by atoms with Crippen LogP contribution in [0.25, 0.3) is 11.2 Å². The summed E-state index contributed by atoms with van der Waals surface area (Å²) in [5, 5.41) is -0.165. The number of hydrogen-bond acceptors (Lipinski definition) is 3. The Morgan fingerprint density at radius 1 is 1.35 bits per heavy atom. The first kappa shape index (κ1) is 15.3. The van der Waals surface area contributed by atoms with Crippen LogP contribution >= 0.6 is 11.6 Å². The molecule has 1 unspecified atom stereocenters. The Hall–Kier alpha value is -1.13. The summed E-state index contributed by atoms with van der Waals surface area (Å²) in [4.78, 5) is 9.22. The third kappa shape index (κ3) is 3.13. The first-order valence-electron chi connectivity index (χ1n) is 6.96. The maximum Gasteiger partial charge on any atom is 0.160 e. The van der Waals surface area contributed by atoms with E-state index in [4.69, 9.17) is 16.3 Å². The van der Waals surface area contributed by atoms with Crippen molar-refractivity contribution in [1.29, 1.82) is 0 Å². The molecule has 0 aliphatic carbocycles. The Kier molecular flexibility index (Phi) is 4.35. The van der Waals surface area contributed by atoms with Gasteiger partial charge in [-0.25, -0.2) is 9.97 Å². The molecule has 0 bridgehead atoms. The van der Waals surface area contributed by atoms with E-state index in [1.807, 2.05) is 32.9 Å². The van der Waals surface area contributed by atoms with E-state index in [1.165, 1.54) is 0 Å². The lowest BCUT2D eigenvalue weighted by atomic mass is 10.1. The number of hydrogen-bond donors (Lipinski definition) is 0. The van der Waals surface area contributed by atoms with Crippen LogP contribution in [0.2, 0.25) is 0 Å². The molecule has 110 valence electrons. The van der Waals surface area contributed by atoms with Gasteiger partial charge in [0.25, 0.3) is 0 Å². The van der Waals surface area contributed by atoms with Crippen molar-refractivity contribution in [2.45, 2.75) is 52.1 Å². The van der Waals surface area contributed by atoms with E-state index < -0.39 is 0 Å². The second kappa shape index (κ2) is 5.70. The van der Waals surface area contributed by atoms with Gasteiger partial charge in [-0.1, -0.05) is 0 Å².